The lowest BCUT2D eigenvalue weighted by Gasteiger charge is -2.38. The SMILES string of the molecule is O=C(OCOc1cnccc1Br)N1CCC1.O=C1NCCc2[nH]c(-c3ccncc3OC[C@H]3CCN3C(=O)O)cc21. The first-order valence-corrected chi connectivity index (χ1v) is 13.9. The highest BCUT2D eigenvalue weighted by atomic mass is 79.9. The maximum atomic E-state index is 11.9. The van der Waals surface area contributed by atoms with Gasteiger partial charge in [-0.05, 0) is 47.0 Å². The van der Waals surface area contributed by atoms with Crippen LogP contribution in [0, 0.1) is 0 Å². The highest BCUT2D eigenvalue weighted by Gasteiger charge is 2.32. The molecule has 13 nitrogen and oxygen atoms in total. The van der Waals surface area contributed by atoms with Crippen LogP contribution in [0.25, 0.3) is 11.3 Å². The predicted octanol–water partition coefficient (Wildman–Crippen LogP) is 3.52. The van der Waals surface area contributed by atoms with Crippen molar-refractivity contribution in [3.05, 3.63) is 58.7 Å². The molecule has 0 bridgehead atoms. The van der Waals surface area contributed by atoms with E-state index in [1.54, 1.807) is 35.8 Å². The van der Waals surface area contributed by atoms with Crippen LogP contribution >= 0.6 is 15.9 Å². The molecule has 6 heterocycles. The van der Waals surface area contributed by atoms with Crippen molar-refractivity contribution in [1.29, 1.82) is 0 Å². The van der Waals surface area contributed by atoms with Crippen LogP contribution in [-0.2, 0) is 11.2 Å². The van der Waals surface area contributed by atoms with E-state index in [9.17, 15) is 14.4 Å². The number of carboxylic acid groups (broad SMARTS) is 1. The van der Waals surface area contributed by atoms with Crippen LogP contribution in [-0.4, -0.2) is 93.6 Å². The molecule has 0 spiro atoms. The van der Waals surface area contributed by atoms with Crippen molar-refractivity contribution in [2.24, 2.45) is 0 Å². The smallest absolute Gasteiger partial charge is 0.412 e. The number of pyridine rings is 2. The first-order valence-electron chi connectivity index (χ1n) is 13.1. The molecule has 14 heteroatoms. The maximum absolute atomic E-state index is 11.9. The summed E-state index contributed by atoms with van der Waals surface area (Å²) < 4.78 is 16.8. The second kappa shape index (κ2) is 12.9. The standard InChI is InChI=1S/C17H18N4O4.C10H11BrN2O3/c22-16-12-7-14(20-13(12)2-5-19-16)11-1-4-18-8-15(11)25-9-10-3-6-21(10)17(23)24;11-8-2-3-12-6-9(8)15-7-16-10(14)13-4-1-5-13/h1,4,7-8,10,20H,2-3,5-6,9H2,(H,19,22)(H,23,24);2-3,6H,1,4-5,7H2/t10-;/m1./s1. The van der Waals surface area contributed by atoms with E-state index in [0.29, 0.717) is 30.2 Å². The fraction of sp³-hybridized carbons (Fsp3) is 0.370. The third-order valence-corrected chi connectivity index (χ3v) is 7.60. The Bertz CT molecular complexity index is 1410. The third-order valence-electron chi connectivity index (χ3n) is 6.95. The Morgan fingerprint density at radius 1 is 1.07 bits per heavy atom. The van der Waals surface area contributed by atoms with Gasteiger partial charge in [-0.1, -0.05) is 0 Å². The number of carbonyl (C=O) groups is 3. The van der Waals surface area contributed by atoms with Crippen LogP contribution in [0.3, 0.4) is 0 Å². The number of carbonyl (C=O) groups excluding carboxylic acids is 2. The van der Waals surface area contributed by atoms with Crippen LogP contribution in [0.4, 0.5) is 9.59 Å². The number of fused-ring (bicyclic) bond motifs is 1. The van der Waals surface area contributed by atoms with Crippen molar-refractivity contribution < 1.29 is 33.7 Å². The van der Waals surface area contributed by atoms with Gasteiger partial charge in [0.15, 0.2) is 5.75 Å². The fourth-order valence-corrected chi connectivity index (χ4v) is 4.75. The van der Waals surface area contributed by atoms with Gasteiger partial charge in [-0.2, -0.15) is 0 Å². The van der Waals surface area contributed by atoms with Crippen LogP contribution < -0.4 is 14.8 Å². The number of hydrogen-bond acceptors (Lipinski definition) is 8. The van der Waals surface area contributed by atoms with E-state index in [0.717, 1.165) is 53.8 Å². The molecule has 3 amide bonds. The third kappa shape index (κ3) is 6.70. The van der Waals surface area contributed by atoms with Gasteiger partial charge in [0.05, 0.1) is 34.2 Å². The van der Waals surface area contributed by atoms with Crippen molar-refractivity contribution in [3.8, 4) is 22.8 Å². The molecule has 0 saturated carbocycles. The molecule has 0 radical (unpaired) electrons. The summed E-state index contributed by atoms with van der Waals surface area (Å²) in [5, 5.41) is 11.9. The van der Waals surface area contributed by atoms with Gasteiger partial charge in [-0.25, -0.2) is 9.59 Å². The molecular weight excluding hydrogens is 600 g/mol. The van der Waals surface area contributed by atoms with Gasteiger partial charge in [-0.3, -0.25) is 14.8 Å². The molecule has 3 N–H and O–H groups in total. The minimum absolute atomic E-state index is 0.0770. The lowest BCUT2D eigenvalue weighted by Crippen LogP contribution is -2.53. The highest BCUT2D eigenvalue weighted by molar-refractivity contribution is 9.10. The van der Waals surface area contributed by atoms with Crippen molar-refractivity contribution >= 4 is 34.0 Å². The van der Waals surface area contributed by atoms with Gasteiger partial charge in [0.2, 0.25) is 6.79 Å². The Kier molecular flexibility index (Phi) is 8.87. The molecule has 216 valence electrons. The number of H-pyrrole nitrogens is 1. The number of aromatic nitrogens is 3. The molecule has 0 unspecified atom stereocenters. The molecule has 3 aliphatic rings. The zero-order chi connectivity index (χ0) is 28.8. The quantitative estimate of drug-likeness (QED) is 0.333. The predicted molar refractivity (Wildman–Crippen MR) is 149 cm³/mol. The number of nitrogens with one attached hydrogen (secondary N) is 2. The Morgan fingerprint density at radius 2 is 1.85 bits per heavy atom. The van der Waals surface area contributed by atoms with Crippen LogP contribution in [0.2, 0.25) is 0 Å². The Hall–Kier alpha value is -4.33. The molecule has 3 aliphatic heterocycles. The van der Waals surface area contributed by atoms with Gasteiger partial charge in [0.25, 0.3) is 5.91 Å². The van der Waals surface area contributed by atoms with Gasteiger partial charge in [0.1, 0.15) is 12.4 Å². The molecule has 2 fully saturated rings. The lowest BCUT2D eigenvalue weighted by molar-refractivity contribution is 0.0231. The molecule has 1 atom stereocenters. The van der Waals surface area contributed by atoms with Gasteiger partial charge in [-0.15, -0.1) is 0 Å². The topological polar surface area (TPSA) is 159 Å². The Labute approximate surface area is 243 Å². The molecule has 41 heavy (non-hydrogen) atoms. The van der Waals surface area contributed by atoms with Crippen molar-refractivity contribution in [1.82, 2.24) is 30.1 Å². The summed E-state index contributed by atoms with van der Waals surface area (Å²) >= 11 is 3.30. The number of hydrogen-bond donors (Lipinski definition) is 3. The summed E-state index contributed by atoms with van der Waals surface area (Å²) in [4.78, 5) is 48.6. The number of aromatic amines is 1. The minimum Gasteiger partial charge on any atom is -0.489 e. The average molecular weight is 629 g/mol. The van der Waals surface area contributed by atoms with Crippen LogP contribution in [0.5, 0.6) is 11.5 Å². The Balaban J connectivity index is 0.000000182. The summed E-state index contributed by atoms with van der Waals surface area (Å²) in [7, 11) is 0. The first kappa shape index (κ1) is 28.2. The van der Waals surface area contributed by atoms with Gasteiger partial charge < -0.3 is 39.4 Å². The van der Waals surface area contributed by atoms with E-state index in [1.807, 2.05) is 12.1 Å². The monoisotopic (exact) mass is 628 g/mol. The van der Waals surface area contributed by atoms with E-state index in [4.69, 9.17) is 19.3 Å². The molecular formula is C27H29BrN6O7. The van der Waals surface area contributed by atoms with Crippen LogP contribution in [0.15, 0.2) is 47.5 Å². The average Bonchev–Trinajstić information content (AvgIpc) is 3.34. The molecule has 2 saturated heterocycles. The maximum Gasteiger partial charge on any atom is 0.412 e. The molecule has 3 aromatic rings. The molecule has 0 aromatic carbocycles. The summed E-state index contributed by atoms with van der Waals surface area (Å²) in [5.41, 5.74) is 3.17. The number of rotatable bonds is 7. The van der Waals surface area contributed by atoms with Crippen molar-refractivity contribution in [3.63, 3.8) is 0 Å². The van der Waals surface area contributed by atoms with E-state index >= 15 is 0 Å². The first-order chi connectivity index (χ1) is 19.9. The van der Waals surface area contributed by atoms with E-state index in [-0.39, 0.29) is 31.4 Å². The number of halogens is 1. The van der Waals surface area contributed by atoms with Crippen molar-refractivity contribution in [2.45, 2.75) is 25.3 Å². The van der Waals surface area contributed by atoms with Gasteiger partial charge in [0, 0.05) is 56.3 Å². The second-order valence-corrected chi connectivity index (χ2v) is 10.4. The number of nitrogens with zero attached hydrogens (tertiary/aromatic N) is 4. The fourth-order valence-electron chi connectivity index (χ4n) is 4.41. The summed E-state index contributed by atoms with van der Waals surface area (Å²) in [6, 6.07) is 5.26. The summed E-state index contributed by atoms with van der Waals surface area (Å²) in [5.74, 6) is 1.05. The minimum atomic E-state index is -0.922. The molecule has 0 aliphatic carbocycles. The Morgan fingerprint density at radius 3 is 2.51 bits per heavy atom. The second-order valence-electron chi connectivity index (χ2n) is 9.50. The normalized spacial score (nSPS) is 17.1. The van der Waals surface area contributed by atoms with E-state index in [2.05, 4.69) is 36.2 Å². The summed E-state index contributed by atoms with van der Waals surface area (Å²) in [6.45, 7) is 2.90. The lowest BCUT2D eigenvalue weighted by atomic mass is 10.1. The number of amides is 3. The van der Waals surface area contributed by atoms with E-state index < -0.39 is 6.09 Å². The number of ether oxygens (including phenoxy) is 3. The van der Waals surface area contributed by atoms with Gasteiger partial charge >= 0.3 is 12.2 Å². The number of likely N-dealkylation sites (tertiary alicyclic amines) is 2. The zero-order valence-corrected chi connectivity index (χ0v) is 23.6. The largest absolute Gasteiger partial charge is 0.489 e. The van der Waals surface area contributed by atoms with Crippen LogP contribution in [0.1, 0.15) is 28.9 Å². The molecule has 3 aromatic heterocycles. The molecule has 6 rings (SSSR count). The van der Waals surface area contributed by atoms with Crippen molar-refractivity contribution in [2.75, 3.05) is 39.6 Å². The zero-order valence-electron chi connectivity index (χ0n) is 22.0. The summed E-state index contributed by atoms with van der Waals surface area (Å²) in [6.07, 6.45) is 7.82. The van der Waals surface area contributed by atoms with E-state index in [1.165, 1.54) is 4.90 Å². The highest BCUT2D eigenvalue weighted by Crippen LogP contribution is 2.31.